The molecule has 0 saturated carbocycles. The van der Waals surface area contributed by atoms with Crippen LogP contribution >= 0.6 is 11.6 Å². The number of benzene rings is 2. The molecule has 0 fully saturated rings. The molecule has 0 spiro atoms. The van der Waals surface area contributed by atoms with E-state index >= 15 is 0 Å². The Bertz CT molecular complexity index is 716. The quantitative estimate of drug-likeness (QED) is 0.661. The molecule has 0 aliphatic rings. The zero-order chi connectivity index (χ0) is 15.6. The van der Waals surface area contributed by atoms with Crippen molar-refractivity contribution in [1.82, 2.24) is 0 Å². The molecule has 0 aromatic heterocycles. The highest BCUT2D eigenvalue weighted by atomic mass is 35.5. The van der Waals surface area contributed by atoms with E-state index in [1.165, 1.54) is 18.2 Å². The topological polar surface area (TPSA) is 92.5 Å². The van der Waals surface area contributed by atoms with Crippen LogP contribution in [0.1, 0.15) is 10.4 Å². The third-order valence-electron chi connectivity index (χ3n) is 2.67. The van der Waals surface area contributed by atoms with Crippen LogP contribution in [0.2, 0.25) is 5.02 Å². The minimum absolute atomic E-state index is 0.0000926. The molecule has 2 aromatic carbocycles. The minimum atomic E-state index is -1.38. The number of aromatic carboxylic acids is 1. The number of carboxylic acid groups (broad SMARTS) is 1. The Morgan fingerprint density at radius 1 is 1.33 bits per heavy atom. The monoisotopic (exact) mass is 310 g/mol. The lowest BCUT2D eigenvalue weighted by Crippen LogP contribution is -2.05. The number of para-hydroxylation sites is 1. The summed E-state index contributed by atoms with van der Waals surface area (Å²) in [4.78, 5) is 21.1. The lowest BCUT2D eigenvalue weighted by Gasteiger charge is -2.11. The van der Waals surface area contributed by atoms with Gasteiger partial charge in [-0.3, -0.25) is 10.1 Å². The number of nitro benzene ring substituents is 1. The molecular formula is C13H8ClFN2O4. The zero-order valence-corrected chi connectivity index (χ0v) is 11.1. The second kappa shape index (κ2) is 5.76. The number of nitrogens with one attached hydrogen (secondary N) is 1. The van der Waals surface area contributed by atoms with E-state index in [-0.39, 0.29) is 27.6 Å². The zero-order valence-electron chi connectivity index (χ0n) is 10.3. The third-order valence-corrected chi connectivity index (χ3v) is 2.98. The lowest BCUT2D eigenvalue weighted by molar-refractivity contribution is -0.384. The predicted octanol–water partition coefficient (Wildman–Crippen LogP) is 3.83. The Morgan fingerprint density at radius 2 is 2.05 bits per heavy atom. The Kier molecular flexibility index (Phi) is 4.04. The molecule has 0 aliphatic carbocycles. The molecule has 2 rings (SSSR count). The van der Waals surface area contributed by atoms with E-state index in [0.29, 0.717) is 0 Å². The molecular weight excluding hydrogens is 303 g/mol. The summed E-state index contributed by atoms with van der Waals surface area (Å²) in [5, 5.41) is 22.4. The van der Waals surface area contributed by atoms with Gasteiger partial charge in [0, 0.05) is 12.1 Å². The molecule has 0 aliphatic heterocycles. The summed E-state index contributed by atoms with van der Waals surface area (Å²) in [6.07, 6.45) is 0. The first-order valence-electron chi connectivity index (χ1n) is 5.63. The fourth-order valence-electron chi connectivity index (χ4n) is 1.68. The van der Waals surface area contributed by atoms with Gasteiger partial charge in [-0.1, -0.05) is 17.7 Å². The lowest BCUT2D eigenvalue weighted by atomic mass is 10.1. The van der Waals surface area contributed by atoms with Gasteiger partial charge in [0.2, 0.25) is 0 Å². The summed E-state index contributed by atoms with van der Waals surface area (Å²) in [6.45, 7) is 0. The van der Waals surface area contributed by atoms with Gasteiger partial charge < -0.3 is 10.4 Å². The van der Waals surface area contributed by atoms with Crippen molar-refractivity contribution < 1.29 is 19.2 Å². The molecule has 21 heavy (non-hydrogen) atoms. The number of halogens is 2. The van der Waals surface area contributed by atoms with Crippen LogP contribution < -0.4 is 5.32 Å². The maximum atomic E-state index is 13.7. The predicted molar refractivity (Wildman–Crippen MR) is 74.7 cm³/mol. The number of hydrogen-bond donors (Lipinski definition) is 2. The van der Waals surface area contributed by atoms with Gasteiger partial charge in [-0.2, -0.15) is 0 Å². The first kappa shape index (κ1) is 14.7. The maximum Gasteiger partial charge on any atom is 0.338 e. The molecule has 0 bridgehead atoms. The number of nitro groups is 1. The SMILES string of the molecule is O=C(O)c1cc([N+](=O)[O-])ccc1Nc1c(F)cccc1Cl. The number of non-ortho nitro benzene ring substituents is 1. The van der Waals surface area contributed by atoms with Crippen molar-refractivity contribution in [3.05, 3.63) is 62.9 Å². The van der Waals surface area contributed by atoms with Crippen molar-refractivity contribution in [3.63, 3.8) is 0 Å². The molecule has 0 radical (unpaired) electrons. The largest absolute Gasteiger partial charge is 0.478 e. The van der Waals surface area contributed by atoms with Crippen LogP contribution in [0.15, 0.2) is 36.4 Å². The standard InChI is InChI=1S/C13H8ClFN2O4/c14-9-2-1-3-10(15)12(9)16-11-5-4-7(17(20)21)6-8(11)13(18)19/h1-6,16H,(H,18,19). The summed E-state index contributed by atoms with van der Waals surface area (Å²) >= 11 is 5.83. The van der Waals surface area contributed by atoms with E-state index < -0.39 is 16.7 Å². The normalized spacial score (nSPS) is 10.2. The fraction of sp³-hybridized carbons (Fsp3) is 0. The number of nitrogens with zero attached hydrogens (tertiary/aromatic N) is 1. The summed E-state index contributed by atoms with van der Waals surface area (Å²) < 4.78 is 13.7. The molecule has 108 valence electrons. The maximum absolute atomic E-state index is 13.7. The molecule has 2 aromatic rings. The van der Waals surface area contributed by atoms with Gasteiger partial charge in [0.05, 0.1) is 26.9 Å². The van der Waals surface area contributed by atoms with Crippen LogP contribution in [-0.2, 0) is 0 Å². The van der Waals surface area contributed by atoms with Crippen molar-refractivity contribution in [2.24, 2.45) is 0 Å². The summed E-state index contributed by atoms with van der Waals surface area (Å²) in [6, 6.07) is 7.17. The average molecular weight is 311 g/mol. The fourth-order valence-corrected chi connectivity index (χ4v) is 1.89. The summed E-state index contributed by atoms with van der Waals surface area (Å²) in [5.74, 6) is -2.05. The van der Waals surface area contributed by atoms with Crippen LogP contribution in [0, 0.1) is 15.9 Å². The van der Waals surface area contributed by atoms with Crippen LogP contribution in [-0.4, -0.2) is 16.0 Å². The van der Waals surface area contributed by atoms with Crippen LogP contribution in [0.4, 0.5) is 21.5 Å². The molecule has 0 unspecified atom stereocenters. The number of hydrogen-bond acceptors (Lipinski definition) is 4. The second-order valence-electron chi connectivity index (χ2n) is 4.01. The molecule has 0 saturated heterocycles. The highest BCUT2D eigenvalue weighted by Gasteiger charge is 2.17. The van der Waals surface area contributed by atoms with Gasteiger partial charge >= 0.3 is 5.97 Å². The van der Waals surface area contributed by atoms with Crippen molar-refractivity contribution in [1.29, 1.82) is 0 Å². The Morgan fingerprint density at radius 3 is 2.62 bits per heavy atom. The highest BCUT2D eigenvalue weighted by Crippen LogP contribution is 2.31. The third kappa shape index (κ3) is 3.09. The number of carboxylic acids is 1. The molecule has 8 heteroatoms. The van der Waals surface area contributed by atoms with E-state index in [4.69, 9.17) is 16.7 Å². The summed E-state index contributed by atoms with van der Waals surface area (Å²) in [5.41, 5.74) is -0.836. The molecule has 0 heterocycles. The molecule has 0 atom stereocenters. The molecule has 2 N–H and O–H groups in total. The van der Waals surface area contributed by atoms with Gasteiger partial charge in [0.15, 0.2) is 0 Å². The first-order valence-corrected chi connectivity index (χ1v) is 6.00. The minimum Gasteiger partial charge on any atom is -0.478 e. The van der Waals surface area contributed by atoms with E-state index in [0.717, 1.165) is 18.2 Å². The van der Waals surface area contributed by atoms with Gasteiger partial charge in [-0.25, -0.2) is 9.18 Å². The number of carbonyl (C=O) groups is 1. The van der Waals surface area contributed by atoms with Gasteiger partial charge in [-0.05, 0) is 18.2 Å². The smallest absolute Gasteiger partial charge is 0.338 e. The van der Waals surface area contributed by atoms with Crippen LogP contribution in [0.25, 0.3) is 0 Å². The molecule has 0 amide bonds. The number of anilines is 2. The van der Waals surface area contributed by atoms with E-state index in [2.05, 4.69) is 5.32 Å². The van der Waals surface area contributed by atoms with Gasteiger partial charge in [-0.15, -0.1) is 0 Å². The van der Waals surface area contributed by atoms with E-state index in [9.17, 15) is 19.3 Å². The van der Waals surface area contributed by atoms with Crippen LogP contribution in [0.5, 0.6) is 0 Å². The van der Waals surface area contributed by atoms with Gasteiger partial charge in [0.1, 0.15) is 5.82 Å². The summed E-state index contributed by atoms with van der Waals surface area (Å²) in [7, 11) is 0. The van der Waals surface area contributed by atoms with Gasteiger partial charge in [0.25, 0.3) is 5.69 Å². The van der Waals surface area contributed by atoms with E-state index in [1.807, 2.05) is 0 Å². The van der Waals surface area contributed by atoms with Crippen molar-refractivity contribution in [3.8, 4) is 0 Å². The van der Waals surface area contributed by atoms with Crippen LogP contribution in [0.3, 0.4) is 0 Å². The van der Waals surface area contributed by atoms with Crippen molar-refractivity contribution in [2.45, 2.75) is 0 Å². The highest BCUT2D eigenvalue weighted by molar-refractivity contribution is 6.33. The average Bonchev–Trinajstić information content (AvgIpc) is 2.42. The Balaban J connectivity index is 2.49. The van der Waals surface area contributed by atoms with Crippen molar-refractivity contribution >= 4 is 34.6 Å². The van der Waals surface area contributed by atoms with Crippen molar-refractivity contribution in [2.75, 3.05) is 5.32 Å². The van der Waals surface area contributed by atoms with E-state index in [1.54, 1.807) is 0 Å². The number of rotatable bonds is 4. The Labute approximate surface area is 122 Å². The second-order valence-corrected chi connectivity index (χ2v) is 4.42. The molecule has 6 nitrogen and oxygen atoms in total. The Hall–Kier alpha value is -2.67. The first-order chi connectivity index (χ1) is 9.90.